The summed E-state index contributed by atoms with van der Waals surface area (Å²) in [5, 5.41) is 10.9. The van der Waals surface area contributed by atoms with Crippen molar-refractivity contribution in [1.82, 2.24) is 18.7 Å². The predicted octanol–water partition coefficient (Wildman–Crippen LogP) is 1.73. The summed E-state index contributed by atoms with van der Waals surface area (Å²) in [5.41, 5.74) is 2.10. The van der Waals surface area contributed by atoms with Crippen LogP contribution < -0.4 is 20.9 Å². The molecule has 1 aromatic carbocycles. The lowest BCUT2D eigenvalue weighted by molar-refractivity contribution is 0.0935. The van der Waals surface area contributed by atoms with Crippen molar-refractivity contribution in [2.24, 2.45) is 20.0 Å². The summed E-state index contributed by atoms with van der Waals surface area (Å²) in [7, 11) is 3.08. The van der Waals surface area contributed by atoms with Crippen LogP contribution in [0.15, 0.2) is 27.8 Å². The van der Waals surface area contributed by atoms with Gasteiger partial charge in [-0.15, -0.1) is 0 Å². The van der Waals surface area contributed by atoms with Crippen LogP contribution in [0.5, 0.6) is 5.75 Å². The lowest BCUT2D eigenvalue weighted by atomic mass is 10.0. The minimum Gasteiger partial charge on any atom is -0.491 e. The Bertz CT molecular complexity index is 1290. The maximum absolute atomic E-state index is 13.1. The summed E-state index contributed by atoms with van der Waals surface area (Å²) >= 11 is 0. The molecular formula is C24H33N5O4. The number of ether oxygens (including phenoxy) is 1. The van der Waals surface area contributed by atoms with E-state index in [-0.39, 0.29) is 13.2 Å². The number of anilines is 1. The summed E-state index contributed by atoms with van der Waals surface area (Å²) in [4.78, 5) is 32.4. The van der Waals surface area contributed by atoms with Crippen LogP contribution in [-0.4, -0.2) is 49.6 Å². The number of hydrogen-bond donors (Lipinski definition) is 1. The third-order valence-electron chi connectivity index (χ3n) is 6.58. The van der Waals surface area contributed by atoms with Crippen LogP contribution in [0.3, 0.4) is 0 Å². The molecule has 178 valence electrons. The smallest absolute Gasteiger partial charge is 0.332 e. The van der Waals surface area contributed by atoms with Crippen LogP contribution in [0, 0.1) is 19.8 Å². The van der Waals surface area contributed by atoms with E-state index >= 15 is 0 Å². The minimum absolute atomic E-state index is 0.0735. The van der Waals surface area contributed by atoms with Gasteiger partial charge in [-0.25, -0.2) is 4.79 Å². The van der Waals surface area contributed by atoms with Crippen molar-refractivity contribution in [1.29, 1.82) is 0 Å². The second kappa shape index (κ2) is 9.05. The van der Waals surface area contributed by atoms with Crippen molar-refractivity contribution in [3.8, 4) is 5.75 Å². The highest BCUT2D eigenvalue weighted by Gasteiger charge is 2.26. The molecule has 1 fully saturated rings. The molecule has 2 aromatic heterocycles. The highest BCUT2D eigenvalue weighted by molar-refractivity contribution is 5.74. The molecule has 0 radical (unpaired) electrons. The molecule has 3 heterocycles. The van der Waals surface area contributed by atoms with Crippen molar-refractivity contribution < 1.29 is 9.84 Å². The first-order valence-electron chi connectivity index (χ1n) is 11.5. The van der Waals surface area contributed by atoms with Crippen molar-refractivity contribution in [2.45, 2.75) is 46.3 Å². The van der Waals surface area contributed by atoms with Crippen LogP contribution in [-0.2, 0) is 20.6 Å². The second-order valence-corrected chi connectivity index (χ2v) is 9.30. The molecule has 9 heteroatoms. The molecular weight excluding hydrogens is 422 g/mol. The number of piperidine rings is 1. The molecule has 9 nitrogen and oxygen atoms in total. The van der Waals surface area contributed by atoms with Gasteiger partial charge in [-0.3, -0.25) is 13.9 Å². The van der Waals surface area contributed by atoms with E-state index in [9.17, 15) is 14.7 Å². The summed E-state index contributed by atoms with van der Waals surface area (Å²) in [5.74, 6) is 1.80. The van der Waals surface area contributed by atoms with Gasteiger partial charge in [-0.05, 0) is 55.9 Å². The average Bonchev–Trinajstić information content (AvgIpc) is 3.16. The molecule has 1 aliphatic rings. The van der Waals surface area contributed by atoms with Crippen LogP contribution in [0.2, 0.25) is 0 Å². The predicted molar refractivity (Wildman–Crippen MR) is 128 cm³/mol. The van der Waals surface area contributed by atoms with E-state index in [1.54, 1.807) is 11.6 Å². The zero-order valence-electron chi connectivity index (χ0n) is 20.0. The summed E-state index contributed by atoms with van der Waals surface area (Å²) in [6.45, 7) is 8.08. The Morgan fingerprint density at radius 3 is 2.64 bits per heavy atom. The fourth-order valence-electron chi connectivity index (χ4n) is 4.48. The lowest BCUT2D eigenvalue weighted by Crippen LogP contribution is -2.39. The number of benzene rings is 1. The Morgan fingerprint density at radius 2 is 1.94 bits per heavy atom. The van der Waals surface area contributed by atoms with Gasteiger partial charge in [0, 0.05) is 27.2 Å². The van der Waals surface area contributed by atoms with Crippen molar-refractivity contribution >= 4 is 17.1 Å². The van der Waals surface area contributed by atoms with Crippen LogP contribution >= 0.6 is 0 Å². The standard InChI is InChI=1S/C24H33N5O4/c1-15-7-6-10-28(12-15)23-25-21-20(22(31)27(5)24(32)26(21)4)29(23)13-18(30)14-33-19-9-8-16(2)17(3)11-19/h8-9,11,15,18,30H,6-7,10,12-14H2,1-5H3/t15-,18-/m0/s1. The van der Waals surface area contributed by atoms with Gasteiger partial charge in [0.15, 0.2) is 11.2 Å². The first-order valence-corrected chi connectivity index (χ1v) is 11.5. The SMILES string of the molecule is Cc1ccc(OC[C@@H](O)Cn2c(N3CCC[C@H](C)C3)nc3c2c(=O)n(C)c(=O)n3C)cc1C. The van der Waals surface area contributed by atoms with Crippen LogP contribution in [0.1, 0.15) is 30.9 Å². The van der Waals surface area contributed by atoms with E-state index in [0.717, 1.165) is 36.1 Å². The third kappa shape index (κ3) is 4.42. The second-order valence-electron chi connectivity index (χ2n) is 9.30. The van der Waals surface area contributed by atoms with E-state index in [2.05, 4.69) is 11.8 Å². The zero-order chi connectivity index (χ0) is 23.9. The Labute approximate surface area is 192 Å². The average molecular weight is 456 g/mol. The summed E-state index contributed by atoms with van der Waals surface area (Å²) < 4.78 is 10.1. The summed E-state index contributed by atoms with van der Waals surface area (Å²) in [6, 6.07) is 5.81. The Kier molecular flexibility index (Phi) is 6.34. The number of aliphatic hydroxyl groups is 1. The molecule has 3 aromatic rings. The molecule has 1 aliphatic heterocycles. The van der Waals surface area contributed by atoms with Gasteiger partial charge < -0.3 is 19.3 Å². The Hall–Kier alpha value is -3.07. The highest BCUT2D eigenvalue weighted by Crippen LogP contribution is 2.26. The molecule has 1 N–H and O–H groups in total. The Morgan fingerprint density at radius 1 is 1.18 bits per heavy atom. The van der Waals surface area contributed by atoms with Gasteiger partial charge in [-0.1, -0.05) is 13.0 Å². The molecule has 0 spiro atoms. The molecule has 0 bridgehead atoms. The number of fused-ring (bicyclic) bond motifs is 1. The highest BCUT2D eigenvalue weighted by atomic mass is 16.5. The van der Waals surface area contributed by atoms with Gasteiger partial charge in [-0.2, -0.15) is 4.98 Å². The van der Waals surface area contributed by atoms with Gasteiger partial charge in [0.25, 0.3) is 5.56 Å². The maximum Gasteiger partial charge on any atom is 0.332 e. The topological polar surface area (TPSA) is 94.5 Å². The largest absolute Gasteiger partial charge is 0.491 e. The number of rotatable bonds is 6. The third-order valence-corrected chi connectivity index (χ3v) is 6.58. The number of imidazole rings is 1. The monoisotopic (exact) mass is 455 g/mol. The van der Waals surface area contributed by atoms with E-state index in [0.29, 0.717) is 28.8 Å². The van der Waals surface area contributed by atoms with Crippen LogP contribution in [0.25, 0.3) is 11.2 Å². The van der Waals surface area contributed by atoms with E-state index in [1.165, 1.54) is 17.2 Å². The maximum atomic E-state index is 13.1. The van der Waals surface area contributed by atoms with Gasteiger partial charge in [0.2, 0.25) is 5.95 Å². The van der Waals surface area contributed by atoms with Gasteiger partial charge in [0.05, 0.1) is 6.54 Å². The van der Waals surface area contributed by atoms with Crippen molar-refractivity contribution in [2.75, 3.05) is 24.6 Å². The number of aryl methyl sites for hydroxylation is 3. The molecule has 0 saturated carbocycles. The first-order chi connectivity index (χ1) is 15.7. The van der Waals surface area contributed by atoms with Crippen molar-refractivity contribution in [3.63, 3.8) is 0 Å². The number of aromatic nitrogens is 4. The number of nitrogens with zero attached hydrogens (tertiary/aromatic N) is 5. The van der Waals surface area contributed by atoms with E-state index in [4.69, 9.17) is 9.72 Å². The molecule has 33 heavy (non-hydrogen) atoms. The van der Waals surface area contributed by atoms with Gasteiger partial charge in [0.1, 0.15) is 18.5 Å². The molecule has 1 saturated heterocycles. The fraction of sp³-hybridized carbons (Fsp3) is 0.542. The molecule has 0 unspecified atom stereocenters. The van der Waals surface area contributed by atoms with E-state index in [1.807, 2.05) is 32.0 Å². The number of aliphatic hydroxyl groups excluding tert-OH is 1. The normalized spacial score (nSPS) is 17.5. The van der Waals surface area contributed by atoms with Crippen LogP contribution in [0.4, 0.5) is 5.95 Å². The quantitative estimate of drug-likeness (QED) is 0.608. The number of hydrogen-bond acceptors (Lipinski definition) is 6. The Balaban J connectivity index is 1.69. The molecule has 0 amide bonds. The zero-order valence-corrected chi connectivity index (χ0v) is 20.0. The minimum atomic E-state index is -0.869. The molecule has 2 atom stereocenters. The first kappa shape index (κ1) is 23.1. The molecule has 4 rings (SSSR count). The van der Waals surface area contributed by atoms with E-state index < -0.39 is 17.4 Å². The lowest BCUT2D eigenvalue weighted by Gasteiger charge is -2.32. The van der Waals surface area contributed by atoms with Gasteiger partial charge >= 0.3 is 5.69 Å². The molecule has 0 aliphatic carbocycles. The fourth-order valence-corrected chi connectivity index (χ4v) is 4.48. The van der Waals surface area contributed by atoms with Crippen molar-refractivity contribution in [3.05, 3.63) is 50.2 Å². The summed E-state index contributed by atoms with van der Waals surface area (Å²) in [6.07, 6.45) is 1.30.